The molecule has 0 saturated carbocycles. The summed E-state index contributed by atoms with van der Waals surface area (Å²) in [6, 6.07) is 20.8. The van der Waals surface area contributed by atoms with Crippen LogP contribution < -0.4 is 0 Å². The number of rotatable bonds is 4. The second-order valence-electron chi connectivity index (χ2n) is 7.08. The first-order valence-electron chi connectivity index (χ1n) is 9.49. The molecule has 2 unspecified atom stereocenters. The Hall–Kier alpha value is -2.82. The zero-order valence-electron chi connectivity index (χ0n) is 15.9. The molecule has 0 saturated heterocycles. The van der Waals surface area contributed by atoms with E-state index < -0.39 is 24.1 Å². The van der Waals surface area contributed by atoms with Crippen molar-refractivity contribution >= 4 is 35.1 Å². The highest BCUT2D eigenvalue weighted by Crippen LogP contribution is 2.27. The summed E-state index contributed by atoms with van der Waals surface area (Å²) in [5, 5.41) is 1.07. The van der Waals surface area contributed by atoms with Crippen LogP contribution in [-0.4, -0.2) is 24.1 Å². The minimum atomic E-state index is -0.598. The van der Waals surface area contributed by atoms with Gasteiger partial charge >= 0.3 is 11.9 Å². The van der Waals surface area contributed by atoms with Crippen LogP contribution >= 0.6 is 23.2 Å². The lowest BCUT2D eigenvalue weighted by atomic mass is 9.87. The van der Waals surface area contributed by atoms with Crippen molar-refractivity contribution in [3.05, 3.63) is 105 Å². The molecule has 0 radical (unpaired) electrons. The molecule has 0 amide bonds. The van der Waals surface area contributed by atoms with E-state index in [1.54, 1.807) is 48.5 Å². The molecule has 3 aromatic carbocycles. The van der Waals surface area contributed by atoms with E-state index in [2.05, 4.69) is 0 Å². The second-order valence-corrected chi connectivity index (χ2v) is 7.95. The molecule has 152 valence electrons. The molecule has 30 heavy (non-hydrogen) atoms. The number of hydrogen-bond acceptors (Lipinski definition) is 4. The second kappa shape index (κ2) is 8.90. The summed E-state index contributed by atoms with van der Waals surface area (Å²) >= 11 is 11.8. The summed E-state index contributed by atoms with van der Waals surface area (Å²) in [6.07, 6.45) is -0.263. The number of esters is 2. The lowest BCUT2D eigenvalue weighted by molar-refractivity contribution is -0.0389. The van der Waals surface area contributed by atoms with E-state index in [9.17, 15) is 9.59 Å². The number of halogens is 2. The lowest BCUT2D eigenvalue weighted by Gasteiger charge is -2.32. The highest BCUT2D eigenvalue weighted by Gasteiger charge is 2.34. The first-order valence-corrected chi connectivity index (χ1v) is 10.2. The Balaban J connectivity index is 1.55. The molecule has 4 nitrogen and oxygen atoms in total. The highest BCUT2D eigenvalue weighted by atomic mass is 35.5. The van der Waals surface area contributed by atoms with Gasteiger partial charge in [-0.2, -0.15) is 0 Å². The van der Waals surface area contributed by atoms with Crippen LogP contribution in [0.5, 0.6) is 0 Å². The standard InChI is InChI=1S/C24H18Cl2O4/c25-19-9-5-15(6-10-19)23(27)29-21-13-17-3-1-2-4-18(17)14-22(21)30-24(28)16-7-11-20(26)12-8-16/h1-12,21-22H,13-14H2. The zero-order valence-corrected chi connectivity index (χ0v) is 17.4. The third kappa shape index (κ3) is 4.66. The van der Waals surface area contributed by atoms with E-state index in [4.69, 9.17) is 32.7 Å². The predicted octanol–water partition coefficient (Wildman–Crippen LogP) is 5.54. The SMILES string of the molecule is O=C(OC1Cc2ccccc2CC1OC(=O)c1ccc(Cl)cc1)c1ccc(Cl)cc1. The molecule has 0 spiro atoms. The minimum absolute atomic E-state index is 0.390. The minimum Gasteiger partial charge on any atom is -0.454 e. The summed E-state index contributed by atoms with van der Waals surface area (Å²) in [5.74, 6) is -0.966. The molecule has 1 aliphatic carbocycles. The third-order valence-corrected chi connectivity index (χ3v) is 5.56. The van der Waals surface area contributed by atoms with E-state index in [1.807, 2.05) is 24.3 Å². The fourth-order valence-electron chi connectivity index (χ4n) is 3.47. The van der Waals surface area contributed by atoms with Crippen molar-refractivity contribution in [2.75, 3.05) is 0 Å². The van der Waals surface area contributed by atoms with Crippen molar-refractivity contribution in [1.82, 2.24) is 0 Å². The number of ether oxygens (including phenoxy) is 2. The van der Waals surface area contributed by atoms with Crippen LogP contribution in [-0.2, 0) is 22.3 Å². The quantitative estimate of drug-likeness (QED) is 0.499. The molecule has 2 atom stereocenters. The van der Waals surface area contributed by atoms with Crippen LogP contribution in [0.2, 0.25) is 10.0 Å². The smallest absolute Gasteiger partial charge is 0.338 e. The van der Waals surface area contributed by atoms with Crippen molar-refractivity contribution in [1.29, 1.82) is 0 Å². The summed E-state index contributed by atoms with van der Waals surface area (Å²) in [4.78, 5) is 25.3. The average molecular weight is 441 g/mol. The molecule has 3 aromatic rings. The van der Waals surface area contributed by atoms with Crippen LogP contribution in [0.15, 0.2) is 72.8 Å². The van der Waals surface area contributed by atoms with Gasteiger partial charge in [-0.3, -0.25) is 0 Å². The molecule has 0 aromatic heterocycles. The van der Waals surface area contributed by atoms with Gasteiger partial charge in [0, 0.05) is 22.9 Å². The number of carbonyl (C=O) groups is 2. The predicted molar refractivity (Wildman–Crippen MR) is 115 cm³/mol. The Labute approximate surface area is 184 Å². The lowest BCUT2D eigenvalue weighted by Crippen LogP contribution is -2.41. The zero-order chi connectivity index (χ0) is 21.1. The molecule has 1 aliphatic rings. The molecular weight excluding hydrogens is 423 g/mol. The van der Waals surface area contributed by atoms with Gasteiger partial charge in [0.2, 0.25) is 0 Å². The summed E-state index contributed by atoms with van der Waals surface area (Å²) in [6.45, 7) is 0. The van der Waals surface area contributed by atoms with E-state index in [0.717, 1.165) is 11.1 Å². The first kappa shape index (κ1) is 20.5. The first-order chi connectivity index (χ1) is 14.5. The maximum atomic E-state index is 12.7. The molecule has 4 rings (SSSR count). The molecule has 0 fully saturated rings. The Morgan fingerprint density at radius 1 is 0.633 bits per heavy atom. The Morgan fingerprint density at radius 3 is 1.37 bits per heavy atom. The van der Waals surface area contributed by atoms with Crippen molar-refractivity contribution < 1.29 is 19.1 Å². The molecule has 0 N–H and O–H groups in total. The highest BCUT2D eigenvalue weighted by molar-refractivity contribution is 6.31. The van der Waals surface area contributed by atoms with E-state index in [1.165, 1.54) is 0 Å². The van der Waals surface area contributed by atoms with Gasteiger partial charge < -0.3 is 9.47 Å². The monoisotopic (exact) mass is 440 g/mol. The average Bonchev–Trinajstić information content (AvgIpc) is 2.75. The van der Waals surface area contributed by atoms with Crippen LogP contribution in [0.1, 0.15) is 31.8 Å². The van der Waals surface area contributed by atoms with Gasteiger partial charge in [-0.25, -0.2) is 9.59 Å². The molecule has 0 heterocycles. The van der Waals surface area contributed by atoms with E-state index in [-0.39, 0.29) is 0 Å². The van der Waals surface area contributed by atoms with Crippen molar-refractivity contribution in [2.45, 2.75) is 25.0 Å². The summed E-state index contributed by atoms with van der Waals surface area (Å²) < 4.78 is 11.5. The van der Waals surface area contributed by atoms with Crippen LogP contribution in [0.3, 0.4) is 0 Å². The Bertz CT molecular complexity index is 975. The van der Waals surface area contributed by atoms with Crippen molar-refractivity contribution in [2.24, 2.45) is 0 Å². The van der Waals surface area contributed by atoms with Crippen LogP contribution in [0, 0.1) is 0 Å². The van der Waals surface area contributed by atoms with Gasteiger partial charge in [-0.1, -0.05) is 47.5 Å². The number of hydrogen-bond donors (Lipinski definition) is 0. The number of fused-ring (bicyclic) bond motifs is 1. The van der Waals surface area contributed by atoms with Gasteiger partial charge in [0.1, 0.15) is 12.2 Å². The maximum Gasteiger partial charge on any atom is 0.338 e. The molecule has 0 bridgehead atoms. The van der Waals surface area contributed by atoms with Crippen LogP contribution in [0.25, 0.3) is 0 Å². The maximum absolute atomic E-state index is 12.7. The third-order valence-electron chi connectivity index (χ3n) is 5.05. The fourth-order valence-corrected chi connectivity index (χ4v) is 3.72. The normalized spacial score (nSPS) is 17.7. The number of carbonyl (C=O) groups excluding carboxylic acids is 2. The van der Waals surface area contributed by atoms with Gasteiger partial charge in [-0.15, -0.1) is 0 Å². The summed E-state index contributed by atoms with van der Waals surface area (Å²) in [7, 11) is 0. The number of benzene rings is 3. The van der Waals surface area contributed by atoms with Gasteiger partial charge in [-0.05, 0) is 59.7 Å². The van der Waals surface area contributed by atoms with Crippen LogP contribution in [0.4, 0.5) is 0 Å². The van der Waals surface area contributed by atoms with E-state index in [0.29, 0.717) is 34.0 Å². The largest absolute Gasteiger partial charge is 0.454 e. The van der Waals surface area contributed by atoms with Crippen molar-refractivity contribution in [3.8, 4) is 0 Å². The molecular formula is C24H18Cl2O4. The topological polar surface area (TPSA) is 52.6 Å². The van der Waals surface area contributed by atoms with Gasteiger partial charge in [0.05, 0.1) is 11.1 Å². The fraction of sp³-hybridized carbons (Fsp3) is 0.167. The Morgan fingerprint density at radius 2 is 1.00 bits per heavy atom. The molecule has 0 aliphatic heterocycles. The van der Waals surface area contributed by atoms with Crippen molar-refractivity contribution in [3.63, 3.8) is 0 Å². The van der Waals surface area contributed by atoms with Gasteiger partial charge in [0.25, 0.3) is 0 Å². The van der Waals surface area contributed by atoms with E-state index >= 15 is 0 Å². The van der Waals surface area contributed by atoms with Gasteiger partial charge in [0.15, 0.2) is 0 Å². The summed E-state index contributed by atoms with van der Waals surface area (Å²) in [5.41, 5.74) is 2.93. The Kier molecular flexibility index (Phi) is 6.07. The molecule has 6 heteroatoms.